The Hall–Kier alpha value is -8.00. The molecule has 3 saturated carbocycles. The topological polar surface area (TPSA) is 155 Å². The number of allylic oxidation sites excluding steroid dienone is 3. The number of nitrogens with one attached hydrogen (secondary N) is 8. The monoisotopic (exact) mass is 1180 g/mol. The SMILES string of the molecule is C1=CC2=CC3=C(c4ccccc4)c4cc5cccc(c5[nH]4)-c4ccc5c(n4)c4nc(ccc4c4[nH]c(-c6ccc(C7=NC8C9CCC%10NC9C9NC(CCC9C8N7)C7CCCC8CC(NC87)C(c7ccccc7)C7CC8CCCC%10C8N7)cc6)nc54)C(=C1)C2N3. The van der Waals surface area contributed by atoms with Crippen molar-refractivity contribution in [3.8, 4) is 22.6 Å². The van der Waals surface area contributed by atoms with E-state index in [1.807, 2.05) is 0 Å². The molecule has 21 rings (SSSR count). The number of pyridine rings is 2. The molecule has 8 aliphatic heterocycles. The summed E-state index contributed by atoms with van der Waals surface area (Å²) in [6, 6.07) is 53.8. The van der Waals surface area contributed by atoms with E-state index in [-0.39, 0.29) is 12.1 Å². The molecule has 18 unspecified atom stereocenters. The zero-order valence-electron chi connectivity index (χ0n) is 50.7. The Morgan fingerprint density at radius 3 is 1.96 bits per heavy atom. The largest absolute Gasteiger partial charge is 0.373 e. The molecule has 0 spiro atoms. The number of hydrogen-bond donors (Lipinski definition) is 8. The van der Waals surface area contributed by atoms with Gasteiger partial charge in [0.05, 0.1) is 57.1 Å². The van der Waals surface area contributed by atoms with Crippen molar-refractivity contribution < 1.29 is 0 Å². The summed E-state index contributed by atoms with van der Waals surface area (Å²) in [4.78, 5) is 30.3. The van der Waals surface area contributed by atoms with Crippen LogP contribution >= 0.6 is 0 Å². The van der Waals surface area contributed by atoms with Crippen molar-refractivity contribution in [2.75, 3.05) is 0 Å². The second kappa shape index (κ2) is 19.8. The van der Waals surface area contributed by atoms with Crippen molar-refractivity contribution in [3.63, 3.8) is 0 Å². The van der Waals surface area contributed by atoms with Gasteiger partial charge in [0.15, 0.2) is 0 Å². The molecule has 18 atom stereocenters. The van der Waals surface area contributed by atoms with Crippen LogP contribution in [0.25, 0.3) is 77.5 Å². The second-order valence-electron chi connectivity index (χ2n) is 29.3. The minimum absolute atomic E-state index is 0.0657. The van der Waals surface area contributed by atoms with E-state index in [4.69, 9.17) is 19.9 Å². The number of hydrogen-bond acceptors (Lipinski definition) is 10. The van der Waals surface area contributed by atoms with E-state index in [1.54, 1.807) is 5.56 Å². The standard InChI is InChI=1S/C78H76N12/c1-3-11-39(12-4-1)63-59-35-43-15-7-19-47(65(43)83-59)55-31-27-51-69(79-55)70-52(28-32-56(80-70)48-20-8-16-44-36-60(63)84-66(44)48)74-73(51)87-77(88-74)41-23-25-42(26-24-41)78-89-75-53-29-33-57-49-21-9-17-45-37-61(85-67(45)49)64(40-13-5-2-6-14-40)62-38-46-18-10-22-50(68(46)86-62)58-34-30-54(76(75)90-78)72(82-58)71(53)81-57/h1-8,11-16,19-20,23-28,31-32,35-36,45-46,49-50,53-54,57-58,61-62,64-65,67-68,71-72,75-76,81-86H,9-10,17-18,21-22,29-30,33-34,37-38H2,(H,87,88)(H,89,90). The average molecular weight is 1180 g/mol. The predicted octanol–water partition coefficient (Wildman–Crippen LogP) is 12.8. The zero-order chi connectivity index (χ0) is 58.4. The highest BCUT2D eigenvalue weighted by Crippen LogP contribution is 2.52. The third kappa shape index (κ3) is 7.74. The maximum atomic E-state index is 5.84. The van der Waals surface area contributed by atoms with Crippen molar-refractivity contribution in [1.29, 1.82) is 0 Å². The lowest BCUT2D eigenvalue weighted by molar-refractivity contribution is 0.00600. The normalized spacial score (nSPS) is 34.9. The number of H-pyrrole nitrogens is 2. The molecule has 12 aliphatic rings. The summed E-state index contributed by atoms with van der Waals surface area (Å²) in [5, 5.41) is 29.6. The van der Waals surface area contributed by atoms with Gasteiger partial charge in [0, 0.05) is 116 Å². The number of aromatic nitrogens is 5. The van der Waals surface area contributed by atoms with Gasteiger partial charge in [0.25, 0.3) is 0 Å². The molecule has 12 nitrogen and oxygen atoms in total. The van der Waals surface area contributed by atoms with Crippen LogP contribution in [-0.2, 0) is 0 Å². The highest BCUT2D eigenvalue weighted by Gasteiger charge is 2.59. The average Bonchev–Trinajstić information content (AvgIpc) is 1.50. The minimum atomic E-state index is -0.0657. The van der Waals surface area contributed by atoms with Gasteiger partial charge < -0.3 is 41.9 Å². The molecule has 8 N–H and O–H groups in total. The van der Waals surface area contributed by atoms with Crippen LogP contribution in [0.2, 0.25) is 0 Å². The summed E-state index contributed by atoms with van der Waals surface area (Å²) in [6.45, 7) is 0. The van der Waals surface area contributed by atoms with E-state index in [2.05, 4.69) is 200 Å². The first-order valence-electron chi connectivity index (χ1n) is 34.5. The number of benzene rings is 5. The Bertz CT molecular complexity index is 4610. The van der Waals surface area contributed by atoms with Gasteiger partial charge in [-0.15, -0.1) is 0 Å². The number of rotatable bonds is 4. The first-order valence-corrected chi connectivity index (χ1v) is 34.5. The Labute approximate surface area is 524 Å². The molecule has 4 aromatic heterocycles. The summed E-state index contributed by atoms with van der Waals surface area (Å²) >= 11 is 0. The molecule has 12 heterocycles. The van der Waals surface area contributed by atoms with Gasteiger partial charge in [0.1, 0.15) is 11.7 Å². The van der Waals surface area contributed by atoms with E-state index in [9.17, 15) is 0 Å². The Kier molecular flexibility index (Phi) is 11.3. The van der Waals surface area contributed by atoms with Crippen LogP contribution in [0.3, 0.4) is 0 Å². The number of imidazole rings is 1. The second-order valence-corrected chi connectivity index (χ2v) is 29.3. The van der Waals surface area contributed by atoms with Gasteiger partial charge in [-0.3, -0.25) is 4.99 Å². The summed E-state index contributed by atoms with van der Waals surface area (Å²) < 4.78 is 0. The van der Waals surface area contributed by atoms with Gasteiger partial charge >= 0.3 is 0 Å². The molecular formula is C78H76N12. The molecule has 4 aliphatic carbocycles. The van der Waals surface area contributed by atoms with Crippen molar-refractivity contribution in [3.05, 3.63) is 197 Å². The molecular weight excluding hydrogens is 1100 g/mol. The number of aliphatic imine (C=N–C) groups is 1. The number of nitrogens with zero attached hydrogens (tertiary/aromatic N) is 4. The smallest absolute Gasteiger partial charge is 0.138 e. The van der Waals surface area contributed by atoms with Crippen molar-refractivity contribution >= 4 is 60.7 Å². The van der Waals surface area contributed by atoms with Crippen LogP contribution in [-0.4, -0.2) is 97.2 Å². The Balaban J connectivity index is 0.619. The summed E-state index contributed by atoms with van der Waals surface area (Å²) in [6.07, 6.45) is 24.7. The quantitative estimate of drug-likeness (QED) is 0.0805. The maximum Gasteiger partial charge on any atom is 0.138 e. The molecule has 5 aromatic carbocycles. The predicted molar refractivity (Wildman–Crippen MR) is 360 cm³/mol. The molecule has 12 heteroatoms. The molecule has 90 heavy (non-hydrogen) atoms. The van der Waals surface area contributed by atoms with E-state index in [0.717, 1.165) is 123 Å². The lowest BCUT2D eigenvalue weighted by Gasteiger charge is -2.58. The lowest BCUT2D eigenvalue weighted by atomic mass is 9.60. The minimum Gasteiger partial charge on any atom is -0.373 e. The van der Waals surface area contributed by atoms with Gasteiger partial charge in [-0.25, -0.2) is 15.0 Å². The summed E-state index contributed by atoms with van der Waals surface area (Å²) in [5.74, 6) is 6.27. The number of amidine groups is 1. The Morgan fingerprint density at radius 2 is 1.17 bits per heavy atom. The fourth-order valence-corrected chi connectivity index (χ4v) is 21.3. The van der Waals surface area contributed by atoms with E-state index in [1.165, 1.54) is 82.6 Å². The van der Waals surface area contributed by atoms with Crippen LogP contribution in [0.15, 0.2) is 174 Å². The number of para-hydroxylation sites is 1. The fraction of sp³-hybridized carbons (Fsp3) is 0.385. The van der Waals surface area contributed by atoms with E-state index < -0.39 is 0 Å². The third-order valence-electron chi connectivity index (χ3n) is 25.1. The van der Waals surface area contributed by atoms with Crippen molar-refractivity contribution in [2.45, 2.75) is 149 Å². The number of fused-ring (bicyclic) bond motifs is 18. The molecule has 8 fully saturated rings. The highest BCUT2D eigenvalue weighted by atomic mass is 15.2. The zero-order valence-corrected chi connectivity index (χ0v) is 50.7. The summed E-state index contributed by atoms with van der Waals surface area (Å²) in [7, 11) is 0. The molecule has 16 bridgehead atoms. The highest BCUT2D eigenvalue weighted by molar-refractivity contribution is 6.22. The fourth-order valence-electron chi connectivity index (χ4n) is 21.3. The van der Waals surface area contributed by atoms with Crippen LogP contribution in [0.1, 0.15) is 111 Å². The number of piperidine rings is 2. The number of aromatic amines is 2. The van der Waals surface area contributed by atoms with Crippen LogP contribution in [0, 0.1) is 35.5 Å². The van der Waals surface area contributed by atoms with E-state index in [0.29, 0.717) is 84.0 Å². The molecule has 448 valence electrons. The molecule has 0 radical (unpaired) electrons. The van der Waals surface area contributed by atoms with Crippen LogP contribution < -0.4 is 31.9 Å². The van der Waals surface area contributed by atoms with Gasteiger partial charge in [0.2, 0.25) is 0 Å². The summed E-state index contributed by atoms with van der Waals surface area (Å²) in [5.41, 5.74) is 18.0. The van der Waals surface area contributed by atoms with Gasteiger partial charge in [-0.2, -0.15) is 0 Å². The van der Waals surface area contributed by atoms with Gasteiger partial charge in [-0.1, -0.05) is 134 Å². The lowest BCUT2D eigenvalue weighted by Crippen LogP contribution is -2.74. The first-order chi connectivity index (χ1) is 44.5. The molecule has 5 saturated heterocycles. The maximum absolute atomic E-state index is 5.84. The molecule has 9 aromatic rings. The first kappa shape index (κ1) is 51.7. The third-order valence-corrected chi connectivity index (χ3v) is 25.1. The van der Waals surface area contributed by atoms with Crippen molar-refractivity contribution in [1.82, 2.24) is 56.8 Å². The van der Waals surface area contributed by atoms with Gasteiger partial charge in [-0.05, 0) is 147 Å². The van der Waals surface area contributed by atoms with Crippen molar-refractivity contribution in [2.24, 2.45) is 40.5 Å². The van der Waals surface area contributed by atoms with Crippen LogP contribution in [0.4, 0.5) is 0 Å². The van der Waals surface area contributed by atoms with Crippen LogP contribution in [0.5, 0.6) is 0 Å². The molecule has 0 amide bonds. The Morgan fingerprint density at radius 1 is 0.478 bits per heavy atom. The van der Waals surface area contributed by atoms with E-state index >= 15 is 0 Å².